The van der Waals surface area contributed by atoms with Crippen molar-refractivity contribution in [3.63, 3.8) is 0 Å². The van der Waals surface area contributed by atoms with E-state index in [0.29, 0.717) is 19.3 Å². The van der Waals surface area contributed by atoms with Crippen LogP contribution in [-0.2, 0) is 28.6 Å². The van der Waals surface area contributed by atoms with E-state index in [1.807, 2.05) is 0 Å². The molecule has 6 heteroatoms. The normalized spacial score (nSPS) is 12.1. The van der Waals surface area contributed by atoms with Gasteiger partial charge >= 0.3 is 17.9 Å². The molecule has 0 heterocycles. The monoisotopic (exact) mass is 971 g/mol. The molecule has 0 aromatic rings. The molecule has 0 aromatic carbocycles. The van der Waals surface area contributed by atoms with Crippen LogP contribution >= 0.6 is 0 Å². The molecular formula is C63H118O6. The fourth-order valence-electron chi connectivity index (χ4n) is 9.26. The first-order valence-corrected chi connectivity index (χ1v) is 30.8. The number of unbranched alkanes of at least 4 members (excludes halogenated alkanes) is 42. The van der Waals surface area contributed by atoms with Crippen LogP contribution < -0.4 is 0 Å². The summed E-state index contributed by atoms with van der Waals surface area (Å²) in [6, 6.07) is 0. The summed E-state index contributed by atoms with van der Waals surface area (Å²) in [5.41, 5.74) is 0. The molecule has 0 bridgehead atoms. The molecule has 1 atom stereocenters. The van der Waals surface area contributed by atoms with Gasteiger partial charge in [0, 0.05) is 19.3 Å². The lowest BCUT2D eigenvalue weighted by Crippen LogP contribution is -2.30. The molecular weight excluding hydrogens is 853 g/mol. The number of allylic oxidation sites excluding steroid dienone is 4. The smallest absolute Gasteiger partial charge is 0.306 e. The summed E-state index contributed by atoms with van der Waals surface area (Å²) in [7, 11) is 0. The van der Waals surface area contributed by atoms with E-state index in [1.54, 1.807) is 0 Å². The first-order valence-electron chi connectivity index (χ1n) is 30.8. The molecule has 1 unspecified atom stereocenters. The summed E-state index contributed by atoms with van der Waals surface area (Å²) in [4.78, 5) is 38.2. The van der Waals surface area contributed by atoms with Gasteiger partial charge in [-0.25, -0.2) is 0 Å². The average Bonchev–Trinajstić information content (AvgIpc) is 3.35. The maximum atomic E-state index is 12.9. The van der Waals surface area contributed by atoms with Crippen molar-refractivity contribution in [3.8, 4) is 0 Å². The van der Waals surface area contributed by atoms with Gasteiger partial charge in [-0.3, -0.25) is 14.4 Å². The van der Waals surface area contributed by atoms with Crippen molar-refractivity contribution >= 4 is 17.9 Å². The van der Waals surface area contributed by atoms with Crippen LogP contribution in [0.3, 0.4) is 0 Å². The molecule has 0 aliphatic rings. The lowest BCUT2D eigenvalue weighted by molar-refractivity contribution is -0.167. The van der Waals surface area contributed by atoms with Gasteiger partial charge in [0.25, 0.3) is 0 Å². The molecule has 6 nitrogen and oxygen atoms in total. The van der Waals surface area contributed by atoms with Gasteiger partial charge in [0.05, 0.1) is 0 Å². The van der Waals surface area contributed by atoms with Gasteiger partial charge in [-0.05, 0) is 70.6 Å². The van der Waals surface area contributed by atoms with Crippen molar-refractivity contribution in [1.29, 1.82) is 0 Å². The minimum atomic E-state index is -0.773. The largest absolute Gasteiger partial charge is 0.462 e. The zero-order chi connectivity index (χ0) is 50.0. The second-order valence-electron chi connectivity index (χ2n) is 21.0. The summed E-state index contributed by atoms with van der Waals surface area (Å²) in [6.45, 7) is 6.68. The summed E-state index contributed by atoms with van der Waals surface area (Å²) in [5, 5.41) is 0. The van der Waals surface area contributed by atoms with Gasteiger partial charge in [-0.15, -0.1) is 0 Å². The van der Waals surface area contributed by atoms with Gasteiger partial charge in [0.15, 0.2) is 6.10 Å². The Labute approximate surface area is 430 Å². The Hall–Kier alpha value is -2.11. The van der Waals surface area contributed by atoms with Crippen LogP contribution in [0.4, 0.5) is 0 Å². The number of hydrogen-bond acceptors (Lipinski definition) is 6. The average molecular weight is 972 g/mol. The zero-order valence-electron chi connectivity index (χ0n) is 46.6. The van der Waals surface area contributed by atoms with Gasteiger partial charge < -0.3 is 14.2 Å². The number of ether oxygens (including phenoxy) is 3. The molecule has 0 radical (unpaired) electrons. The molecule has 0 N–H and O–H groups in total. The van der Waals surface area contributed by atoms with Crippen molar-refractivity contribution in [2.24, 2.45) is 0 Å². The van der Waals surface area contributed by atoms with Crippen LogP contribution in [0.2, 0.25) is 0 Å². The SMILES string of the molecule is CCCCCCCC/C=C\CCCCCCCC(=O)OC(COC(=O)CCCCCCCCCCC/C=C\CCCCCCCCCC)COC(=O)CCCCCCCCCCCCCCCCC. The van der Waals surface area contributed by atoms with Crippen LogP contribution in [0, 0.1) is 0 Å². The molecule has 0 aromatic heterocycles. The molecule has 0 spiro atoms. The predicted molar refractivity (Wildman–Crippen MR) is 298 cm³/mol. The Balaban J connectivity index is 4.30. The number of hydrogen-bond donors (Lipinski definition) is 0. The van der Waals surface area contributed by atoms with E-state index in [-0.39, 0.29) is 31.1 Å². The number of carbonyl (C=O) groups excluding carboxylic acids is 3. The molecule has 0 saturated carbocycles. The Morgan fingerprint density at radius 3 is 0.725 bits per heavy atom. The van der Waals surface area contributed by atoms with Crippen LogP contribution in [0.1, 0.15) is 342 Å². The summed E-state index contributed by atoms with van der Waals surface area (Å²) in [6.07, 6.45) is 68.9. The number of rotatable bonds is 57. The Morgan fingerprint density at radius 1 is 0.275 bits per heavy atom. The van der Waals surface area contributed by atoms with Gasteiger partial charge in [0.1, 0.15) is 13.2 Å². The second-order valence-corrected chi connectivity index (χ2v) is 21.0. The Kier molecular flexibility index (Phi) is 56.7. The van der Waals surface area contributed by atoms with Gasteiger partial charge in [0.2, 0.25) is 0 Å². The van der Waals surface area contributed by atoms with E-state index in [4.69, 9.17) is 14.2 Å². The lowest BCUT2D eigenvalue weighted by Gasteiger charge is -2.18. The van der Waals surface area contributed by atoms with Crippen molar-refractivity contribution in [1.82, 2.24) is 0 Å². The van der Waals surface area contributed by atoms with E-state index in [0.717, 1.165) is 64.2 Å². The van der Waals surface area contributed by atoms with Crippen LogP contribution in [-0.4, -0.2) is 37.2 Å². The van der Waals surface area contributed by atoms with Crippen LogP contribution in [0.5, 0.6) is 0 Å². The predicted octanol–water partition coefficient (Wildman–Crippen LogP) is 20.7. The highest BCUT2D eigenvalue weighted by atomic mass is 16.6. The standard InChI is InChI=1S/C63H118O6/c1-4-7-10-13-16-19-22-25-28-29-30-31-32-33-36-38-41-44-47-50-53-56-62(65)68-59-60(69-63(66)57-54-51-48-45-42-39-35-27-24-21-18-15-12-9-6-3)58-67-61(64)55-52-49-46-43-40-37-34-26-23-20-17-14-11-8-5-2/h27,29-30,35,60H,4-26,28,31-34,36-59H2,1-3H3/b30-29-,35-27-. The van der Waals surface area contributed by atoms with E-state index < -0.39 is 6.10 Å². The van der Waals surface area contributed by atoms with Crippen LogP contribution in [0.25, 0.3) is 0 Å². The minimum absolute atomic E-state index is 0.0704. The minimum Gasteiger partial charge on any atom is -0.462 e. The number of esters is 3. The maximum absolute atomic E-state index is 12.9. The topological polar surface area (TPSA) is 78.9 Å². The highest BCUT2D eigenvalue weighted by Gasteiger charge is 2.19. The molecule has 69 heavy (non-hydrogen) atoms. The fourth-order valence-corrected chi connectivity index (χ4v) is 9.26. The second kappa shape index (κ2) is 58.5. The van der Waals surface area contributed by atoms with E-state index in [9.17, 15) is 14.4 Å². The first-order chi connectivity index (χ1) is 34.0. The highest BCUT2D eigenvalue weighted by molar-refractivity contribution is 5.71. The molecule has 0 fully saturated rings. The molecule has 406 valence electrons. The quantitative estimate of drug-likeness (QED) is 0.0261. The third-order valence-corrected chi connectivity index (χ3v) is 13.9. The third kappa shape index (κ3) is 56.7. The van der Waals surface area contributed by atoms with E-state index >= 15 is 0 Å². The lowest BCUT2D eigenvalue weighted by atomic mass is 10.0. The van der Waals surface area contributed by atoms with Crippen molar-refractivity contribution in [2.75, 3.05) is 13.2 Å². The van der Waals surface area contributed by atoms with E-state index in [1.165, 1.54) is 238 Å². The summed E-state index contributed by atoms with van der Waals surface area (Å²) in [5.74, 6) is -0.858. The van der Waals surface area contributed by atoms with Gasteiger partial charge in [-0.1, -0.05) is 276 Å². The van der Waals surface area contributed by atoms with Crippen LogP contribution in [0.15, 0.2) is 24.3 Å². The van der Waals surface area contributed by atoms with Crippen molar-refractivity contribution < 1.29 is 28.6 Å². The Morgan fingerprint density at radius 2 is 0.478 bits per heavy atom. The molecule has 0 aliphatic heterocycles. The molecule has 0 saturated heterocycles. The molecule has 0 aliphatic carbocycles. The number of carbonyl (C=O) groups is 3. The summed E-state index contributed by atoms with van der Waals surface area (Å²) >= 11 is 0. The maximum Gasteiger partial charge on any atom is 0.306 e. The third-order valence-electron chi connectivity index (χ3n) is 13.9. The zero-order valence-corrected chi connectivity index (χ0v) is 46.6. The highest BCUT2D eigenvalue weighted by Crippen LogP contribution is 2.17. The van der Waals surface area contributed by atoms with Crippen molar-refractivity contribution in [3.05, 3.63) is 24.3 Å². The fraction of sp³-hybridized carbons (Fsp3) is 0.889. The molecule has 0 rings (SSSR count). The van der Waals surface area contributed by atoms with Crippen molar-refractivity contribution in [2.45, 2.75) is 348 Å². The Bertz CT molecular complexity index is 1110. The van der Waals surface area contributed by atoms with Gasteiger partial charge in [-0.2, -0.15) is 0 Å². The summed E-state index contributed by atoms with van der Waals surface area (Å²) < 4.78 is 16.9. The van der Waals surface area contributed by atoms with E-state index in [2.05, 4.69) is 45.1 Å². The first kappa shape index (κ1) is 66.9. The molecule has 0 amide bonds.